The fourth-order valence-corrected chi connectivity index (χ4v) is 2.91. The lowest BCUT2D eigenvalue weighted by molar-refractivity contribution is 0.576. The molecule has 1 aromatic rings. The molecule has 19 heavy (non-hydrogen) atoms. The molecule has 2 N–H and O–H groups in total. The van der Waals surface area contributed by atoms with Gasteiger partial charge in [-0.25, -0.2) is 13.1 Å². The smallest absolute Gasteiger partial charge is 0.213 e. The van der Waals surface area contributed by atoms with Gasteiger partial charge in [0.15, 0.2) is 0 Å². The Labute approximate surface area is 114 Å². The molecular weight excluding hydrogens is 264 g/mol. The van der Waals surface area contributed by atoms with Crippen LogP contribution in [0, 0.1) is 13.8 Å². The molecule has 0 aromatic carbocycles. The fraction of sp³-hybridized carbons (Fsp3) is 0.750. The number of aryl methyl sites for hydroxylation is 2. The molecule has 0 spiro atoms. The zero-order chi connectivity index (χ0) is 14.0. The van der Waals surface area contributed by atoms with E-state index in [-0.39, 0.29) is 5.75 Å². The van der Waals surface area contributed by atoms with Crippen molar-refractivity contribution in [3.8, 4) is 0 Å². The van der Waals surface area contributed by atoms with Gasteiger partial charge in [0.1, 0.15) is 0 Å². The molecule has 1 heterocycles. The van der Waals surface area contributed by atoms with Gasteiger partial charge in [-0.05, 0) is 26.7 Å². The quantitative estimate of drug-likeness (QED) is 0.751. The molecule has 0 radical (unpaired) electrons. The van der Waals surface area contributed by atoms with Gasteiger partial charge in [0.2, 0.25) is 10.0 Å². The predicted molar refractivity (Wildman–Crippen MR) is 74.3 cm³/mol. The third kappa shape index (κ3) is 4.02. The maximum atomic E-state index is 11.9. The number of nitrogens with one attached hydrogen (secondary N) is 2. The number of sulfonamides is 1. The summed E-state index contributed by atoms with van der Waals surface area (Å²) in [5, 5.41) is 7.48. The van der Waals surface area contributed by atoms with E-state index in [1.165, 1.54) is 12.8 Å². The van der Waals surface area contributed by atoms with Crippen molar-refractivity contribution in [1.29, 1.82) is 0 Å². The first kappa shape index (κ1) is 14.5. The standard InChI is InChI=1S/C12H22N4O2S/c1-9-12(10(2)16(3)15-9)8-14-19(17,18)7-6-13-11-4-5-11/h11,13-14H,4-8H2,1-3H3. The van der Waals surface area contributed by atoms with E-state index in [0.29, 0.717) is 19.1 Å². The van der Waals surface area contributed by atoms with Crippen molar-refractivity contribution in [3.05, 3.63) is 17.0 Å². The van der Waals surface area contributed by atoms with Crippen LogP contribution in [0.15, 0.2) is 0 Å². The molecule has 108 valence electrons. The molecule has 6 nitrogen and oxygen atoms in total. The monoisotopic (exact) mass is 286 g/mol. The number of rotatable bonds is 7. The van der Waals surface area contributed by atoms with Crippen LogP contribution in [0.25, 0.3) is 0 Å². The number of hydrogen-bond donors (Lipinski definition) is 2. The molecule has 1 fully saturated rings. The van der Waals surface area contributed by atoms with E-state index in [2.05, 4.69) is 15.1 Å². The molecule has 2 rings (SSSR count). The zero-order valence-corrected chi connectivity index (χ0v) is 12.5. The van der Waals surface area contributed by atoms with Gasteiger partial charge >= 0.3 is 0 Å². The van der Waals surface area contributed by atoms with E-state index >= 15 is 0 Å². The average Bonchev–Trinajstić information content (AvgIpc) is 3.08. The van der Waals surface area contributed by atoms with E-state index in [1.54, 1.807) is 4.68 Å². The molecule has 0 aliphatic heterocycles. The van der Waals surface area contributed by atoms with Crippen molar-refractivity contribution < 1.29 is 8.42 Å². The van der Waals surface area contributed by atoms with E-state index in [9.17, 15) is 8.42 Å². The van der Waals surface area contributed by atoms with Crippen LogP contribution in [0.1, 0.15) is 29.8 Å². The van der Waals surface area contributed by atoms with Gasteiger partial charge in [0, 0.05) is 37.4 Å². The first-order chi connectivity index (χ1) is 8.89. The first-order valence-electron chi connectivity index (χ1n) is 6.59. The molecule has 0 bridgehead atoms. The molecule has 1 aromatic heterocycles. The molecule has 7 heteroatoms. The topological polar surface area (TPSA) is 76.0 Å². The normalized spacial score (nSPS) is 15.9. The highest BCUT2D eigenvalue weighted by Gasteiger charge is 2.21. The van der Waals surface area contributed by atoms with Gasteiger partial charge in [-0.2, -0.15) is 5.10 Å². The van der Waals surface area contributed by atoms with Gasteiger partial charge < -0.3 is 5.32 Å². The summed E-state index contributed by atoms with van der Waals surface area (Å²) in [5.74, 6) is 0.127. The van der Waals surface area contributed by atoms with Gasteiger partial charge in [-0.3, -0.25) is 4.68 Å². The Bertz CT molecular complexity index is 546. The molecule has 1 saturated carbocycles. The van der Waals surface area contributed by atoms with Crippen LogP contribution >= 0.6 is 0 Å². The summed E-state index contributed by atoms with van der Waals surface area (Å²) in [6, 6.07) is 0.540. The van der Waals surface area contributed by atoms with Crippen molar-refractivity contribution in [3.63, 3.8) is 0 Å². The summed E-state index contributed by atoms with van der Waals surface area (Å²) in [7, 11) is -1.36. The van der Waals surface area contributed by atoms with E-state index < -0.39 is 10.0 Å². The molecule has 0 atom stereocenters. The highest BCUT2D eigenvalue weighted by molar-refractivity contribution is 7.89. The third-order valence-electron chi connectivity index (χ3n) is 3.51. The summed E-state index contributed by atoms with van der Waals surface area (Å²) >= 11 is 0. The lowest BCUT2D eigenvalue weighted by Crippen LogP contribution is -2.32. The Morgan fingerprint density at radius 3 is 2.58 bits per heavy atom. The SMILES string of the molecule is Cc1nn(C)c(C)c1CNS(=O)(=O)CCNC1CC1. The van der Waals surface area contributed by atoms with Gasteiger partial charge in [0.25, 0.3) is 0 Å². The molecule has 1 aliphatic rings. The molecule has 0 amide bonds. The second-order valence-electron chi connectivity index (χ2n) is 5.14. The van der Waals surface area contributed by atoms with E-state index in [4.69, 9.17) is 0 Å². The lowest BCUT2D eigenvalue weighted by Gasteiger charge is -2.07. The Morgan fingerprint density at radius 1 is 1.37 bits per heavy atom. The first-order valence-corrected chi connectivity index (χ1v) is 8.24. The van der Waals surface area contributed by atoms with Crippen LogP contribution < -0.4 is 10.0 Å². The molecule has 1 aliphatic carbocycles. The summed E-state index contributed by atoms with van der Waals surface area (Å²) in [6.07, 6.45) is 2.34. The third-order valence-corrected chi connectivity index (χ3v) is 4.83. The lowest BCUT2D eigenvalue weighted by atomic mass is 10.2. The van der Waals surface area contributed by atoms with Crippen LogP contribution in [-0.4, -0.2) is 36.5 Å². The number of aromatic nitrogens is 2. The van der Waals surface area contributed by atoms with Crippen molar-refractivity contribution >= 4 is 10.0 Å². The van der Waals surface area contributed by atoms with Crippen LogP contribution in [-0.2, 0) is 23.6 Å². The molecule has 0 saturated heterocycles. The van der Waals surface area contributed by atoms with Gasteiger partial charge in [-0.1, -0.05) is 0 Å². The second kappa shape index (κ2) is 5.60. The average molecular weight is 286 g/mol. The summed E-state index contributed by atoms with van der Waals surface area (Å²) in [5.41, 5.74) is 2.83. The molecule has 0 unspecified atom stereocenters. The minimum absolute atomic E-state index is 0.127. The van der Waals surface area contributed by atoms with Crippen molar-refractivity contribution in [2.75, 3.05) is 12.3 Å². The maximum absolute atomic E-state index is 11.9. The largest absolute Gasteiger partial charge is 0.313 e. The van der Waals surface area contributed by atoms with Gasteiger partial charge in [0.05, 0.1) is 11.4 Å². The summed E-state index contributed by atoms with van der Waals surface area (Å²) in [6.45, 7) is 4.67. The van der Waals surface area contributed by atoms with Crippen LogP contribution in [0.5, 0.6) is 0 Å². The van der Waals surface area contributed by atoms with E-state index in [0.717, 1.165) is 17.0 Å². The minimum atomic E-state index is -3.22. The van der Waals surface area contributed by atoms with Gasteiger partial charge in [-0.15, -0.1) is 0 Å². The Balaban J connectivity index is 1.85. The van der Waals surface area contributed by atoms with Crippen molar-refractivity contribution in [2.45, 2.75) is 39.3 Å². The summed E-state index contributed by atoms with van der Waals surface area (Å²) < 4.78 is 28.1. The number of nitrogens with zero attached hydrogens (tertiary/aromatic N) is 2. The Morgan fingerprint density at radius 2 is 2.05 bits per heavy atom. The van der Waals surface area contributed by atoms with Crippen molar-refractivity contribution in [1.82, 2.24) is 19.8 Å². The highest BCUT2D eigenvalue weighted by atomic mass is 32.2. The number of hydrogen-bond acceptors (Lipinski definition) is 4. The second-order valence-corrected chi connectivity index (χ2v) is 7.07. The maximum Gasteiger partial charge on any atom is 0.213 e. The highest BCUT2D eigenvalue weighted by Crippen LogP contribution is 2.18. The Hall–Kier alpha value is -0.920. The van der Waals surface area contributed by atoms with E-state index in [1.807, 2.05) is 20.9 Å². The zero-order valence-electron chi connectivity index (χ0n) is 11.7. The van der Waals surface area contributed by atoms with Crippen LogP contribution in [0.4, 0.5) is 0 Å². The fourth-order valence-electron chi connectivity index (χ4n) is 2.01. The van der Waals surface area contributed by atoms with Crippen LogP contribution in [0.3, 0.4) is 0 Å². The van der Waals surface area contributed by atoms with Crippen molar-refractivity contribution in [2.24, 2.45) is 7.05 Å². The minimum Gasteiger partial charge on any atom is -0.313 e. The predicted octanol–water partition coefficient (Wildman–Crippen LogP) is 0.208. The van der Waals surface area contributed by atoms with Crippen LogP contribution in [0.2, 0.25) is 0 Å². The summed E-state index contributed by atoms with van der Waals surface area (Å²) in [4.78, 5) is 0. The molecular formula is C12H22N4O2S. The Kier molecular flexibility index (Phi) is 4.27.